The van der Waals surface area contributed by atoms with E-state index in [0.29, 0.717) is 5.15 Å². The Morgan fingerprint density at radius 1 is 1.39 bits per heavy atom. The summed E-state index contributed by atoms with van der Waals surface area (Å²) in [6, 6.07) is 6.39. The summed E-state index contributed by atoms with van der Waals surface area (Å²) < 4.78 is 0. The maximum absolute atomic E-state index is 6.11. The molecule has 2 heterocycles. The first-order valence-corrected chi connectivity index (χ1v) is 6.44. The molecule has 18 heavy (non-hydrogen) atoms. The zero-order valence-corrected chi connectivity index (χ0v) is 10.9. The molecule has 0 amide bonds. The minimum Gasteiger partial charge on any atom is -0.374 e. The van der Waals surface area contributed by atoms with Crippen LogP contribution in [0.3, 0.4) is 0 Å². The molecule has 1 atom stereocenters. The number of rotatable bonds is 2. The zero-order valence-electron chi connectivity index (χ0n) is 10.2. The van der Waals surface area contributed by atoms with Gasteiger partial charge in [0.2, 0.25) is 0 Å². The van der Waals surface area contributed by atoms with E-state index in [0.717, 1.165) is 29.8 Å². The van der Waals surface area contributed by atoms with Crippen LogP contribution in [-0.4, -0.2) is 9.97 Å². The van der Waals surface area contributed by atoms with E-state index in [2.05, 4.69) is 21.4 Å². The van der Waals surface area contributed by atoms with Gasteiger partial charge in [-0.2, -0.15) is 0 Å². The van der Waals surface area contributed by atoms with Crippen molar-refractivity contribution in [2.24, 2.45) is 0 Å². The Hall–Kier alpha value is -1.61. The maximum Gasteiger partial charge on any atom is 0.152 e. The molecule has 1 unspecified atom stereocenters. The molecule has 0 fully saturated rings. The van der Waals surface area contributed by atoms with Crippen LogP contribution < -0.4 is 5.32 Å². The van der Waals surface area contributed by atoms with Gasteiger partial charge >= 0.3 is 0 Å². The van der Waals surface area contributed by atoms with Crippen molar-refractivity contribution in [1.29, 1.82) is 0 Å². The fourth-order valence-electron chi connectivity index (χ4n) is 2.39. The first-order chi connectivity index (χ1) is 8.74. The summed E-state index contributed by atoms with van der Waals surface area (Å²) in [5, 5.41) is 3.97. The number of halogens is 1. The highest BCUT2D eigenvalue weighted by Crippen LogP contribution is 2.33. The van der Waals surface area contributed by atoms with Gasteiger partial charge in [-0.1, -0.05) is 17.7 Å². The Morgan fingerprint density at radius 2 is 2.28 bits per heavy atom. The number of hydrogen-bond donors (Lipinski definition) is 1. The zero-order chi connectivity index (χ0) is 12.5. The summed E-state index contributed by atoms with van der Waals surface area (Å²) in [6.07, 6.45) is 5.73. The second kappa shape index (κ2) is 4.58. The predicted octanol–water partition coefficient (Wildman–Crippen LogP) is 3.54. The molecule has 1 aliphatic rings. The summed E-state index contributed by atoms with van der Waals surface area (Å²) in [7, 11) is 0. The summed E-state index contributed by atoms with van der Waals surface area (Å²) in [4.78, 5) is 8.62. The van der Waals surface area contributed by atoms with E-state index in [-0.39, 0.29) is 6.04 Å². The number of anilines is 1. The van der Waals surface area contributed by atoms with Crippen molar-refractivity contribution in [3.63, 3.8) is 0 Å². The lowest BCUT2D eigenvalue weighted by atomic mass is 10.2. The van der Waals surface area contributed by atoms with Crippen molar-refractivity contribution in [2.75, 3.05) is 5.32 Å². The fraction of sp³-hybridized carbons (Fsp3) is 0.286. The highest BCUT2D eigenvalue weighted by molar-refractivity contribution is 6.32. The third kappa shape index (κ3) is 2.06. The molecule has 0 saturated carbocycles. The first-order valence-electron chi connectivity index (χ1n) is 6.06. The third-order valence-electron chi connectivity index (χ3n) is 3.26. The van der Waals surface area contributed by atoms with Crippen LogP contribution in [0.4, 0.5) is 5.69 Å². The van der Waals surface area contributed by atoms with Crippen molar-refractivity contribution in [2.45, 2.75) is 25.8 Å². The van der Waals surface area contributed by atoms with Gasteiger partial charge < -0.3 is 5.32 Å². The molecule has 0 bridgehead atoms. The molecule has 3 rings (SSSR count). The summed E-state index contributed by atoms with van der Waals surface area (Å²) >= 11 is 6.11. The quantitative estimate of drug-likeness (QED) is 0.839. The van der Waals surface area contributed by atoms with E-state index < -0.39 is 0 Å². The molecule has 0 radical (unpaired) electrons. The molecule has 1 N–H and O–H groups in total. The molecular formula is C14H14ClN3. The molecule has 3 nitrogen and oxygen atoms in total. The SMILES string of the molecule is Cc1cnc(Cl)c(NC2CCc3cccnc32)c1. The lowest BCUT2D eigenvalue weighted by molar-refractivity contribution is 0.745. The lowest BCUT2D eigenvalue weighted by Gasteiger charge is -2.15. The minimum atomic E-state index is 0.238. The van der Waals surface area contributed by atoms with Gasteiger partial charge in [-0.05, 0) is 43.0 Å². The molecule has 2 aromatic rings. The highest BCUT2D eigenvalue weighted by Gasteiger charge is 2.23. The topological polar surface area (TPSA) is 37.8 Å². The Morgan fingerprint density at radius 3 is 3.17 bits per heavy atom. The number of aromatic nitrogens is 2. The van der Waals surface area contributed by atoms with Gasteiger partial charge in [0.25, 0.3) is 0 Å². The molecule has 0 aliphatic heterocycles. The Kier molecular flexibility index (Phi) is 2.92. The van der Waals surface area contributed by atoms with Crippen LogP contribution >= 0.6 is 11.6 Å². The average Bonchev–Trinajstić information content (AvgIpc) is 2.78. The molecule has 92 valence electrons. The molecule has 0 aromatic carbocycles. The van der Waals surface area contributed by atoms with Crippen molar-refractivity contribution in [1.82, 2.24) is 9.97 Å². The van der Waals surface area contributed by atoms with Crippen molar-refractivity contribution >= 4 is 17.3 Å². The number of fused-ring (bicyclic) bond motifs is 1. The van der Waals surface area contributed by atoms with Crippen LogP contribution in [0.15, 0.2) is 30.6 Å². The van der Waals surface area contributed by atoms with Crippen LogP contribution in [0.1, 0.15) is 29.3 Å². The Labute approximate surface area is 111 Å². The normalized spacial score (nSPS) is 17.6. The molecule has 0 saturated heterocycles. The first kappa shape index (κ1) is 11.5. The largest absolute Gasteiger partial charge is 0.374 e. The number of hydrogen-bond acceptors (Lipinski definition) is 3. The van der Waals surface area contributed by atoms with Crippen LogP contribution in [0.25, 0.3) is 0 Å². The van der Waals surface area contributed by atoms with E-state index in [1.165, 1.54) is 5.56 Å². The molecule has 0 spiro atoms. The fourth-order valence-corrected chi connectivity index (χ4v) is 2.55. The van der Waals surface area contributed by atoms with Crippen LogP contribution in [-0.2, 0) is 6.42 Å². The summed E-state index contributed by atoms with van der Waals surface area (Å²) in [6.45, 7) is 2.01. The van der Waals surface area contributed by atoms with Gasteiger partial charge in [0, 0.05) is 12.4 Å². The van der Waals surface area contributed by atoms with E-state index in [1.807, 2.05) is 25.3 Å². The highest BCUT2D eigenvalue weighted by atomic mass is 35.5. The van der Waals surface area contributed by atoms with Gasteiger partial charge in [-0.3, -0.25) is 4.98 Å². The van der Waals surface area contributed by atoms with Crippen LogP contribution in [0.5, 0.6) is 0 Å². The van der Waals surface area contributed by atoms with Crippen LogP contribution in [0.2, 0.25) is 5.15 Å². The van der Waals surface area contributed by atoms with Crippen molar-refractivity contribution < 1.29 is 0 Å². The lowest BCUT2D eigenvalue weighted by Crippen LogP contribution is -2.09. The van der Waals surface area contributed by atoms with Gasteiger partial charge in [0.1, 0.15) is 0 Å². The van der Waals surface area contributed by atoms with E-state index >= 15 is 0 Å². The van der Waals surface area contributed by atoms with E-state index in [9.17, 15) is 0 Å². The standard InChI is InChI=1S/C14H14ClN3/c1-9-7-12(14(15)17-8-9)18-11-5-4-10-3-2-6-16-13(10)11/h2-3,6-8,11,18H,4-5H2,1H3. The summed E-state index contributed by atoms with van der Waals surface area (Å²) in [5.41, 5.74) is 4.45. The van der Waals surface area contributed by atoms with Gasteiger partial charge in [0.05, 0.1) is 17.4 Å². The Balaban J connectivity index is 1.88. The maximum atomic E-state index is 6.11. The monoisotopic (exact) mass is 259 g/mol. The van der Waals surface area contributed by atoms with Crippen LogP contribution in [0, 0.1) is 6.92 Å². The number of aryl methyl sites for hydroxylation is 2. The second-order valence-corrected chi connectivity index (χ2v) is 4.99. The number of nitrogens with one attached hydrogen (secondary N) is 1. The predicted molar refractivity (Wildman–Crippen MR) is 72.9 cm³/mol. The van der Waals surface area contributed by atoms with Gasteiger partial charge in [-0.25, -0.2) is 4.98 Å². The molecule has 1 aliphatic carbocycles. The van der Waals surface area contributed by atoms with Crippen molar-refractivity contribution in [3.8, 4) is 0 Å². The van der Waals surface area contributed by atoms with E-state index in [4.69, 9.17) is 11.6 Å². The second-order valence-electron chi connectivity index (χ2n) is 4.63. The Bertz CT molecular complexity index is 583. The summed E-state index contributed by atoms with van der Waals surface area (Å²) in [5.74, 6) is 0. The average molecular weight is 260 g/mol. The van der Waals surface area contributed by atoms with Gasteiger partial charge in [0.15, 0.2) is 5.15 Å². The minimum absolute atomic E-state index is 0.238. The van der Waals surface area contributed by atoms with E-state index in [1.54, 1.807) is 6.20 Å². The third-order valence-corrected chi connectivity index (χ3v) is 3.57. The smallest absolute Gasteiger partial charge is 0.152 e. The molecule has 4 heteroatoms. The number of nitrogens with zero attached hydrogens (tertiary/aromatic N) is 2. The van der Waals surface area contributed by atoms with Gasteiger partial charge in [-0.15, -0.1) is 0 Å². The van der Waals surface area contributed by atoms with Crippen molar-refractivity contribution in [3.05, 3.63) is 52.6 Å². The number of pyridine rings is 2. The molecular weight excluding hydrogens is 246 g/mol. The molecule has 2 aromatic heterocycles.